The highest BCUT2D eigenvalue weighted by Crippen LogP contribution is 2.72. The lowest BCUT2D eigenvalue weighted by molar-refractivity contribution is -0.0439. The van der Waals surface area contributed by atoms with Crippen molar-refractivity contribution in [3.05, 3.63) is 96.3 Å². The zero-order valence-electron chi connectivity index (χ0n) is 38.4. The molecule has 17 unspecified atom stereocenters. The average molecular weight is 866 g/mol. The van der Waals surface area contributed by atoms with E-state index in [0.717, 1.165) is 30.3 Å². The third kappa shape index (κ3) is 6.05. The molecule has 330 valence electrons. The van der Waals surface area contributed by atoms with Crippen LogP contribution in [0.1, 0.15) is 136 Å². The van der Waals surface area contributed by atoms with Gasteiger partial charge in [-0.25, -0.2) is 0 Å². The number of rotatable bonds is 5. The monoisotopic (exact) mass is 866 g/mol. The molecule has 0 radical (unpaired) electrons. The van der Waals surface area contributed by atoms with Gasteiger partial charge in [-0.3, -0.25) is 9.80 Å². The van der Waals surface area contributed by atoms with E-state index in [-0.39, 0.29) is 5.54 Å². The maximum Gasteiger partial charge on any atom is 0.174 e. The third-order valence-corrected chi connectivity index (χ3v) is 23.9. The van der Waals surface area contributed by atoms with Gasteiger partial charge in [0, 0.05) is 69.1 Å². The summed E-state index contributed by atoms with van der Waals surface area (Å²) in [7, 11) is 0. The molecule has 62 heavy (non-hydrogen) atoms. The molecule has 0 aromatic carbocycles. The smallest absolute Gasteiger partial charge is 0.174 e. The highest BCUT2D eigenvalue weighted by atomic mass is 32.2. The first-order valence-corrected chi connectivity index (χ1v) is 28.4. The summed E-state index contributed by atoms with van der Waals surface area (Å²) in [5.41, 5.74) is 4.03. The molecule has 6 heteroatoms. The predicted molar refractivity (Wildman–Crippen MR) is 266 cm³/mol. The first-order chi connectivity index (χ1) is 30.4. The fourth-order valence-corrected chi connectivity index (χ4v) is 22.1. The first kappa shape index (κ1) is 40.7. The molecule has 0 amide bonds. The van der Waals surface area contributed by atoms with Crippen molar-refractivity contribution < 1.29 is 0 Å². The van der Waals surface area contributed by atoms with Crippen molar-refractivity contribution in [1.82, 2.24) is 14.7 Å². The maximum absolute atomic E-state index is 3.41. The average Bonchev–Trinajstić information content (AvgIpc) is 3.96. The van der Waals surface area contributed by atoms with Gasteiger partial charge in [0.1, 0.15) is 0 Å². The molecule has 7 fully saturated rings. The minimum atomic E-state index is 0.225. The largest absolute Gasteiger partial charge is 0.366 e. The molecule has 5 heterocycles. The molecule has 0 bridgehead atoms. The van der Waals surface area contributed by atoms with Gasteiger partial charge in [0.05, 0.1) is 5.37 Å². The summed E-state index contributed by atoms with van der Waals surface area (Å²) in [6.07, 6.45) is 61.3. The summed E-state index contributed by atoms with van der Waals surface area (Å²) in [5, 5.41) is 2.55. The van der Waals surface area contributed by atoms with Gasteiger partial charge in [0.2, 0.25) is 0 Å². The third-order valence-electron chi connectivity index (χ3n) is 20.7. The molecule has 17 atom stereocenters. The lowest BCUT2D eigenvalue weighted by Gasteiger charge is -2.66. The van der Waals surface area contributed by atoms with Crippen LogP contribution in [0.2, 0.25) is 11.6 Å². The summed E-state index contributed by atoms with van der Waals surface area (Å²) in [6.45, 7) is 9.10. The molecule has 5 aliphatic heterocycles. The van der Waals surface area contributed by atoms with Crippen molar-refractivity contribution >= 4 is 30.2 Å². The van der Waals surface area contributed by atoms with Crippen LogP contribution in [0.5, 0.6) is 0 Å². The second kappa shape index (κ2) is 15.8. The Hall–Kier alpha value is -1.60. The van der Waals surface area contributed by atoms with Gasteiger partial charge in [-0.05, 0) is 163 Å². The lowest BCUT2D eigenvalue weighted by atomic mass is 9.22. The Bertz CT molecular complexity index is 2000. The molecule has 0 N–H and O–H groups in total. The van der Waals surface area contributed by atoms with Gasteiger partial charge in [-0.2, -0.15) is 0 Å². The van der Waals surface area contributed by atoms with E-state index in [4.69, 9.17) is 0 Å². The van der Waals surface area contributed by atoms with Crippen molar-refractivity contribution in [2.45, 2.75) is 211 Å². The van der Waals surface area contributed by atoms with Crippen LogP contribution in [0, 0.1) is 35.0 Å². The number of thioether (sulfide) groups is 2. The number of hydrogen-bond donors (Lipinski definition) is 0. The molecule has 1 spiro atoms. The number of nitrogens with zero attached hydrogens (tertiary/aromatic N) is 3. The Morgan fingerprint density at radius 1 is 0.758 bits per heavy atom. The Morgan fingerprint density at radius 3 is 2.40 bits per heavy atom. The second-order valence-electron chi connectivity index (χ2n) is 23.6. The van der Waals surface area contributed by atoms with Crippen LogP contribution in [0.15, 0.2) is 96.3 Å². The van der Waals surface area contributed by atoms with Gasteiger partial charge < -0.3 is 4.90 Å². The van der Waals surface area contributed by atoms with E-state index in [1.54, 1.807) is 11.3 Å². The van der Waals surface area contributed by atoms with Crippen LogP contribution in [0.3, 0.4) is 0 Å². The Kier molecular flexibility index (Phi) is 10.3. The van der Waals surface area contributed by atoms with Gasteiger partial charge in [0.25, 0.3) is 0 Å². The fraction of sp³-hybridized carbons (Fsp3) is 0.714. The zero-order chi connectivity index (χ0) is 41.3. The van der Waals surface area contributed by atoms with Crippen LogP contribution in [0.4, 0.5) is 0 Å². The van der Waals surface area contributed by atoms with Gasteiger partial charge in [-0.1, -0.05) is 105 Å². The van der Waals surface area contributed by atoms with E-state index in [0.29, 0.717) is 80.3 Å². The summed E-state index contributed by atoms with van der Waals surface area (Å²) in [5.74, 6) is 4.98. The minimum absolute atomic E-state index is 0.225. The molecule has 13 rings (SSSR count). The highest BCUT2D eigenvalue weighted by Gasteiger charge is 2.75. The van der Waals surface area contributed by atoms with Crippen molar-refractivity contribution in [2.24, 2.45) is 35.0 Å². The standard InChI is InChI=1S/C56H76BN3S2/c1-36-32-45-52-46(33-36)60-53-44(28-27-41(37-18-8-4-9-19-37)51(53)56(55(60,2)3)30-16-7-17-31-56)57(52)54-47(59(45)40-26-29-49-43(34-40)42-24-14-15-25-48(42)61-49)35-50(62-54)58(38-20-10-5-11-21-38)39-22-12-6-13-23-39/h5,8,10,12,14-15,18,22,24-28,34,36-39,41-42,44-54H,4,6-7,9,11,13,16-17,19-21,23,29-33,35H2,1-3H3. The number of fused-ring (bicyclic) bond motifs is 8. The normalized spacial score (nSPS) is 47.8. The highest BCUT2D eigenvalue weighted by molar-refractivity contribution is 8.02. The van der Waals surface area contributed by atoms with E-state index in [1.165, 1.54) is 116 Å². The van der Waals surface area contributed by atoms with E-state index in [1.807, 2.05) is 0 Å². The van der Waals surface area contributed by atoms with E-state index >= 15 is 0 Å². The summed E-state index contributed by atoms with van der Waals surface area (Å²) in [6, 6.07) is 3.91. The van der Waals surface area contributed by atoms with Crippen LogP contribution in [-0.2, 0) is 0 Å². The van der Waals surface area contributed by atoms with Crippen LogP contribution in [0.25, 0.3) is 0 Å². The quantitative estimate of drug-likeness (QED) is 0.201. The first-order valence-electron chi connectivity index (χ1n) is 26.5. The zero-order valence-corrected chi connectivity index (χ0v) is 40.0. The SMILES string of the molecule is CC1CC2C3B(C4C=CC(C5C=CCCC5)C5C4N(C3C1)C(C)(C)C51CCCCC1)C1SC(N(C3C=CCCC3)C3CC=CCC3)CC1N2C1=CCC2SC3C=CC=CC3C2=C1. The molecule has 13 aliphatic rings. The Labute approximate surface area is 385 Å². The summed E-state index contributed by atoms with van der Waals surface area (Å²) >= 11 is 4.79. The van der Waals surface area contributed by atoms with Gasteiger partial charge in [0.15, 0.2) is 6.71 Å². The molecular formula is C56H76BN3S2. The van der Waals surface area contributed by atoms with Crippen molar-refractivity contribution in [1.29, 1.82) is 0 Å². The topological polar surface area (TPSA) is 9.72 Å². The van der Waals surface area contributed by atoms with Crippen molar-refractivity contribution in [3.63, 3.8) is 0 Å². The molecule has 0 aromatic heterocycles. The minimum Gasteiger partial charge on any atom is -0.366 e. The molecule has 8 aliphatic carbocycles. The summed E-state index contributed by atoms with van der Waals surface area (Å²) in [4.78, 5) is 9.83. The molecular weight excluding hydrogens is 790 g/mol. The molecule has 3 nitrogen and oxygen atoms in total. The fourth-order valence-electron chi connectivity index (χ4n) is 18.5. The van der Waals surface area contributed by atoms with Gasteiger partial charge >= 0.3 is 0 Å². The van der Waals surface area contributed by atoms with Crippen LogP contribution >= 0.6 is 23.5 Å². The van der Waals surface area contributed by atoms with Crippen LogP contribution < -0.4 is 0 Å². The molecule has 5 saturated heterocycles. The van der Waals surface area contributed by atoms with E-state index in [2.05, 4.69) is 144 Å². The summed E-state index contributed by atoms with van der Waals surface area (Å²) < 4.78 is 0. The van der Waals surface area contributed by atoms with E-state index in [9.17, 15) is 0 Å². The molecule has 0 aromatic rings. The van der Waals surface area contributed by atoms with Gasteiger partial charge in [-0.15, -0.1) is 23.5 Å². The second-order valence-corrected chi connectivity index (χ2v) is 26.3. The van der Waals surface area contributed by atoms with Crippen molar-refractivity contribution in [2.75, 3.05) is 0 Å². The lowest BCUT2D eigenvalue weighted by Crippen LogP contribution is -2.74. The van der Waals surface area contributed by atoms with E-state index < -0.39 is 0 Å². The Morgan fingerprint density at radius 2 is 1.60 bits per heavy atom. The number of hydrogen-bond acceptors (Lipinski definition) is 5. The maximum atomic E-state index is 3.41. The van der Waals surface area contributed by atoms with Crippen LogP contribution in [-0.4, -0.2) is 84.2 Å². The Balaban J connectivity index is 0.963. The number of allylic oxidation sites excluding steroid dienone is 10. The predicted octanol–water partition coefficient (Wildman–Crippen LogP) is 13.0. The molecule has 2 saturated carbocycles. The van der Waals surface area contributed by atoms with Crippen molar-refractivity contribution in [3.8, 4) is 0 Å².